The van der Waals surface area contributed by atoms with E-state index in [0.717, 1.165) is 45.3 Å². The minimum absolute atomic E-state index is 0. The van der Waals surface area contributed by atoms with Gasteiger partial charge in [-0.3, -0.25) is 4.79 Å². The van der Waals surface area contributed by atoms with Crippen molar-refractivity contribution in [1.82, 2.24) is 15.5 Å². The molecule has 6 nitrogen and oxygen atoms in total. The van der Waals surface area contributed by atoms with Gasteiger partial charge < -0.3 is 20.9 Å². The van der Waals surface area contributed by atoms with Crippen LogP contribution in [0, 0.1) is 5.92 Å². The molecule has 1 heterocycles. The van der Waals surface area contributed by atoms with Gasteiger partial charge in [0, 0.05) is 30.4 Å². The summed E-state index contributed by atoms with van der Waals surface area (Å²) < 4.78 is 0. The number of halogens is 1. The first kappa shape index (κ1) is 19.5. The van der Waals surface area contributed by atoms with E-state index in [1.807, 2.05) is 30.1 Å². The zero-order valence-electron chi connectivity index (χ0n) is 14.6. The Balaban J connectivity index is 0.00000225. The molecular formula is C18H27ClN4O2. The highest BCUT2D eigenvalue weighted by molar-refractivity contribution is 5.97. The molecule has 25 heavy (non-hydrogen) atoms. The molecule has 0 aromatic heterocycles. The molecule has 1 saturated heterocycles. The summed E-state index contributed by atoms with van der Waals surface area (Å²) in [5, 5.41) is 8.89. The van der Waals surface area contributed by atoms with E-state index in [4.69, 9.17) is 0 Å². The zero-order chi connectivity index (χ0) is 16.9. The van der Waals surface area contributed by atoms with Crippen molar-refractivity contribution in [3.63, 3.8) is 0 Å². The lowest BCUT2D eigenvalue weighted by atomic mass is 9.97. The summed E-state index contributed by atoms with van der Waals surface area (Å²) in [4.78, 5) is 26.5. The highest BCUT2D eigenvalue weighted by Crippen LogP contribution is 2.21. The van der Waals surface area contributed by atoms with Crippen molar-refractivity contribution < 1.29 is 9.59 Å². The first-order valence-corrected chi connectivity index (χ1v) is 8.77. The van der Waals surface area contributed by atoms with E-state index < -0.39 is 0 Å². The van der Waals surface area contributed by atoms with E-state index in [2.05, 4.69) is 16.0 Å². The molecule has 1 aliphatic heterocycles. The maximum atomic E-state index is 12.8. The van der Waals surface area contributed by atoms with Crippen molar-refractivity contribution in [2.45, 2.75) is 31.7 Å². The Bertz CT molecular complexity index is 604. The van der Waals surface area contributed by atoms with Crippen molar-refractivity contribution in [3.05, 3.63) is 29.8 Å². The summed E-state index contributed by atoms with van der Waals surface area (Å²) in [6.07, 6.45) is 4.30. The lowest BCUT2D eigenvalue weighted by Crippen LogP contribution is -2.42. The molecule has 1 unspecified atom stereocenters. The number of benzene rings is 1. The molecule has 2 aliphatic rings. The molecule has 1 saturated carbocycles. The quantitative estimate of drug-likeness (QED) is 0.749. The Morgan fingerprint density at radius 2 is 2.04 bits per heavy atom. The largest absolute Gasteiger partial charge is 0.338 e. The molecule has 7 heteroatoms. The minimum Gasteiger partial charge on any atom is -0.338 e. The van der Waals surface area contributed by atoms with Crippen LogP contribution in [-0.2, 0) is 0 Å². The third-order valence-electron chi connectivity index (χ3n) is 4.58. The molecule has 3 amide bonds. The number of nitrogens with zero attached hydrogens (tertiary/aromatic N) is 1. The van der Waals surface area contributed by atoms with Crippen LogP contribution in [0.25, 0.3) is 0 Å². The molecular weight excluding hydrogens is 340 g/mol. The van der Waals surface area contributed by atoms with Crippen LogP contribution in [0.5, 0.6) is 0 Å². The smallest absolute Gasteiger partial charge is 0.319 e. The third-order valence-corrected chi connectivity index (χ3v) is 4.58. The first-order chi connectivity index (χ1) is 11.7. The van der Waals surface area contributed by atoms with E-state index in [1.165, 1.54) is 0 Å². The van der Waals surface area contributed by atoms with Gasteiger partial charge in [-0.05, 0) is 63.4 Å². The second-order valence-corrected chi connectivity index (χ2v) is 6.77. The normalized spacial score (nSPS) is 19.7. The maximum Gasteiger partial charge on any atom is 0.319 e. The van der Waals surface area contributed by atoms with Gasteiger partial charge in [0.15, 0.2) is 0 Å². The predicted molar refractivity (Wildman–Crippen MR) is 101 cm³/mol. The van der Waals surface area contributed by atoms with Crippen molar-refractivity contribution in [3.8, 4) is 0 Å². The third kappa shape index (κ3) is 5.61. The Morgan fingerprint density at radius 1 is 1.24 bits per heavy atom. The molecule has 0 spiro atoms. The van der Waals surface area contributed by atoms with Crippen LogP contribution in [0.4, 0.5) is 10.5 Å². The van der Waals surface area contributed by atoms with E-state index in [1.54, 1.807) is 6.07 Å². The van der Waals surface area contributed by atoms with E-state index >= 15 is 0 Å². The number of carbonyl (C=O) groups excluding carboxylic acids is 2. The Hall–Kier alpha value is -1.79. The molecule has 3 N–H and O–H groups in total. The maximum absolute atomic E-state index is 12.8. The number of hydrogen-bond acceptors (Lipinski definition) is 3. The average molecular weight is 367 g/mol. The SMILES string of the molecule is CNCC1CCCN(C(=O)c2cccc(NC(=O)NC3CC3)c2)C1.Cl. The molecule has 1 aromatic rings. The van der Waals surface area contributed by atoms with Gasteiger partial charge in [-0.25, -0.2) is 4.79 Å². The van der Waals surface area contributed by atoms with Crippen LogP contribution in [0.2, 0.25) is 0 Å². The summed E-state index contributed by atoms with van der Waals surface area (Å²) in [5.74, 6) is 0.556. The molecule has 2 fully saturated rings. The van der Waals surface area contributed by atoms with E-state index in [9.17, 15) is 9.59 Å². The van der Waals surface area contributed by atoms with Gasteiger partial charge >= 0.3 is 6.03 Å². The number of amides is 3. The number of likely N-dealkylation sites (tertiary alicyclic amines) is 1. The Labute approximate surface area is 155 Å². The molecule has 1 aliphatic carbocycles. The average Bonchev–Trinajstić information content (AvgIpc) is 3.39. The summed E-state index contributed by atoms with van der Waals surface area (Å²) in [6.45, 7) is 2.53. The molecule has 0 bridgehead atoms. The van der Waals surface area contributed by atoms with Crippen LogP contribution in [0.3, 0.4) is 0 Å². The first-order valence-electron chi connectivity index (χ1n) is 8.77. The zero-order valence-corrected chi connectivity index (χ0v) is 15.4. The van der Waals surface area contributed by atoms with Gasteiger partial charge in [-0.1, -0.05) is 6.07 Å². The number of anilines is 1. The van der Waals surface area contributed by atoms with Crippen LogP contribution in [-0.4, -0.2) is 49.6 Å². The molecule has 1 atom stereocenters. The summed E-state index contributed by atoms with van der Waals surface area (Å²) in [7, 11) is 1.95. The molecule has 1 aromatic carbocycles. The van der Waals surface area contributed by atoms with Crippen molar-refractivity contribution in [1.29, 1.82) is 0 Å². The van der Waals surface area contributed by atoms with Gasteiger partial charge in [0.1, 0.15) is 0 Å². The van der Waals surface area contributed by atoms with Crippen LogP contribution in [0.1, 0.15) is 36.0 Å². The fourth-order valence-corrected chi connectivity index (χ4v) is 3.20. The Kier molecular flexibility index (Phi) is 7.08. The van der Waals surface area contributed by atoms with Crippen molar-refractivity contribution in [2.24, 2.45) is 5.92 Å². The standard InChI is InChI=1S/C18H26N4O2.ClH/c1-19-11-13-4-3-9-22(12-13)17(23)14-5-2-6-16(10-14)21-18(24)20-15-7-8-15;/h2,5-6,10,13,15,19H,3-4,7-9,11-12H2,1H3,(H2,20,21,24);1H. The Morgan fingerprint density at radius 3 is 2.76 bits per heavy atom. The van der Waals surface area contributed by atoms with Gasteiger partial charge in [0.2, 0.25) is 0 Å². The van der Waals surface area contributed by atoms with Crippen LogP contribution in [0.15, 0.2) is 24.3 Å². The van der Waals surface area contributed by atoms with Gasteiger partial charge in [-0.15, -0.1) is 12.4 Å². The van der Waals surface area contributed by atoms with Crippen molar-refractivity contribution >= 4 is 30.0 Å². The van der Waals surface area contributed by atoms with Crippen LogP contribution < -0.4 is 16.0 Å². The molecule has 0 radical (unpaired) electrons. The monoisotopic (exact) mass is 366 g/mol. The highest BCUT2D eigenvalue weighted by atomic mass is 35.5. The lowest BCUT2D eigenvalue weighted by molar-refractivity contribution is 0.0674. The van der Waals surface area contributed by atoms with E-state index in [-0.39, 0.29) is 24.3 Å². The number of nitrogens with one attached hydrogen (secondary N) is 3. The number of piperidine rings is 1. The van der Waals surface area contributed by atoms with Gasteiger partial charge in [0.25, 0.3) is 5.91 Å². The number of urea groups is 1. The van der Waals surface area contributed by atoms with E-state index in [0.29, 0.717) is 23.2 Å². The van der Waals surface area contributed by atoms with Gasteiger partial charge in [0.05, 0.1) is 0 Å². The topological polar surface area (TPSA) is 73.5 Å². The summed E-state index contributed by atoms with van der Waals surface area (Å²) in [6, 6.07) is 7.31. The summed E-state index contributed by atoms with van der Waals surface area (Å²) >= 11 is 0. The molecule has 138 valence electrons. The van der Waals surface area contributed by atoms with Gasteiger partial charge in [-0.2, -0.15) is 0 Å². The number of hydrogen-bond donors (Lipinski definition) is 3. The number of rotatable bonds is 5. The predicted octanol–water partition coefficient (Wildman–Crippen LogP) is 2.46. The second-order valence-electron chi connectivity index (χ2n) is 6.77. The fourth-order valence-electron chi connectivity index (χ4n) is 3.20. The second kappa shape index (κ2) is 9.06. The van der Waals surface area contributed by atoms with Crippen molar-refractivity contribution in [2.75, 3.05) is 32.0 Å². The lowest BCUT2D eigenvalue weighted by Gasteiger charge is -2.32. The highest BCUT2D eigenvalue weighted by Gasteiger charge is 2.25. The van der Waals surface area contributed by atoms with Crippen LogP contribution >= 0.6 is 12.4 Å². The summed E-state index contributed by atoms with van der Waals surface area (Å²) in [5.41, 5.74) is 1.28. The minimum atomic E-state index is -0.200. The fraction of sp³-hybridized carbons (Fsp3) is 0.556. The molecule has 3 rings (SSSR count). The number of carbonyl (C=O) groups is 2.